The van der Waals surface area contributed by atoms with Crippen molar-refractivity contribution in [2.24, 2.45) is 0 Å². The van der Waals surface area contributed by atoms with Gasteiger partial charge in [-0.05, 0) is 52.0 Å². The van der Waals surface area contributed by atoms with Gasteiger partial charge in [-0.15, -0.1) is 24.8 Å². The molecular weight excluding hydrogens is 417 g/mol. The monoisotopic (exact) mass is 451 g/mol. The molecule has 0 aromatic heterocycles. The lowest BCUT2D eigenvalue weighted by Crippen LogP contribution is -2.56. The predicted molar refractivity (Wildman–Crippen MR) is 130 cm³/mol. The fraction of sp³-hybridized carbons (Fsp3) is 0.458. The predicted octanol–water partition coefficient (Wildman–Crippen LogP) is 4.09. The Bertz CT molecular complexity index is 778. The summed E-state index contributed by atoms with van der Waals surface area (Å²) in [7, 11) is 6.22. The summed E-state index contributed by atoms with van der Waals surface area (Å²) in [5.41, 5.74) is 1.85. The number of hydrogen-bond donors (Lipinski definition) is 1. The summed E-state index contributed by atoms with van der Waals surface area (Å²) in [5.74, 6) is 0.216. The highest BCUT2D eigenvalue weighted by atomic mass is 35.5. The maximum Gasteiger partial charge on any atom is 0.234 e. The summed E-state index contributed by atoms with van der Waals surface area (Å²) in [5, 5.41) is 3.23. The van der Waals surface area contributed by atoms with Gasteiger partial charge >= 0.3 is 0 Å². The number of piperidine rings is 1. The maximum atomic E-state index is 13.6. The Morgan fingerprint density at radius 3 is 1.97 bits per heavy atom. The van der Waals surface area contributed by atoms with Crippen LogP contribution in [-0.2, 0) is 15.7 Å². The molecule has 0 saturated carbocycles. The summed E-state index contributed by atoms with van der Waals surface area (Å²) in [4.78, 5) is 18.0. The van der Waals surface area contributed by atoms with E-state index in [-0.39, 0.29) is 36.3 Å². The van der Waals surface area contributed by atoms with Gasteiger partial charge in [0.05, 0.1) is 5.41 Å². The minimum absolute atomic E-state index is 0. The van der Waals surface area contributed by atoms with Crippen LogP contribution >= 0.6 is 24.8 Å². The number of hydrogen-bond acceptors (Lipinski definition) is 3. The van der Waals surface area contributed by atoms with Crippen molar-refractivity contribution in [1.82, 2.24) is 15.1 Å². The van der Waals surface area contributed by atoms with E-state index in [0.717, 1.165) is 31.5 Å². The van der Waals surface area contributed by atoms with Crippen molar-refractivity contribution in [2.75, 3.05) is 40.8 Å². The van der Waals surface area contributed by atoms with Gasteiger partial charge in [0.2, 0.25) is 5.91 Å². The Hall–Kier alpha value is -1.59. The lowest BCUT2D eigenvalue weighted by Gasteiger charge is -2.48. The molecule has 3 rings (SSSR count). The van der Waals surface area contributed by atoms with E-state index in [4.69, 9.17) is 0 Å². The molecule has 6 heteroatoms. The molecule has 0 bridgehead atoms. The molecule has 2 aromatic carbocycles. The maximum absolute atomic E-state index is 13.6. The van der Waals surface area contributed by atoms with Crippen molar-refractivity contribution in [2.45, 2.75) is 30.7 Å². The molecule has 4 nitrogen and oxygen atoms in total. The standard InChI is InChI=1S/C24H33N3O.2ClH/c1-23(19-25-2,20-11-7-5-8-12-20)22(28)27-17-15-24(16-18-27,26(3)4)21-13-9-6-10-14-21;;/h5-14,25H,15-19H2,1-4H3;2*1H. The average molecular weight is 452 g/mol. The van der Waals surface area contributed by atoms with E-state index in [9.17, 15) is 4.79 Å². The van der Waals surface area contributed by atoms with Crippen molar-refractivity contribution >= 4 is 30.7 Å². The lowest BCUT2D eigenvalue weighted by molar-refractivity contribution is -0.139. The molecule has 1 heterocycles. The largest absolute Gasteiger partial charge is 0.342 e. The summed E-state index contributed by atoms with van der Waals surface area (Å²) >= 11 is 0. The van der Waals surface area contributed by atoms with Crippen LogP contribution in [-0.4, -0.2) is 56.5 Å². The zero-order valence-electron chi connectivity index (χ0n) is 18.4. The third kappa shape index (κ3) is 5.00. The van der Waals surface area contributed by atoms with Gasteiger partial charge < -0.3 is 10.2 Å². The van der Waals surface area contributed by atoms with Crippen LogP contribution in [0.4, 0.5) is 0 Å². The lowest BCUT2D eigenvalue weighted by atomic mass is 9.77. The van der Waals surface area contributed by atoms with Gasteiger partial charge in [-0.1, -0.05) is 60.7 Å². The normalized spacial score (nSPS) is 17.4. The fourth-order valence-corrected chi connectivity index (χ4v) is 4.63. The van der Waals surface area contributed by atoms with Crippen LogP contribution in [0, 0.1) is 0 Å². The van der Waals surface area contributed by atoms with E-state index in [1.54, 1.807) is 0 Å². The molecule has 1 saturated heterocycles. The highest BCUT2D eigenvalue weighted by molar-refractivity contribution is 5.88. The molecular formula is C24H35Cl2N3O. The molecule has 1 fully saturated rings. The quantitative estimate of drug-likeness (QED) is 0.718. The van der Waals surface area contributed by atoms with Crippen LogP contribution in [0.3, 0.4) is 0 Å². The van der Waals surface area contributed by atoms with Crippen molar-refractivity contribution < 1.29 is 4.79 Å². The fourth-order valence-electron chi connectivity index (χ4n) is 4.63. The number of likely N-dealkylation sites (N-methyl/N-ethyl adjacent to an activating group) is 1. The van der Waals surface area contributed by atoms with E-state index in [2.05, 4.69) is 78.6 Å². The second-order valence-electron chi connectivity index (χ2n) is 8.31. The Kier molecular flexibility index (Phi) is 9.83. The van der Waals surface area contributed by atoms with E-state index in [0.29, 0.717) is 6.54 Å². The van der Waals surface area contributed by atoms with E-state index in [1.165, 1.54) is 5.56 Å². The second kappa shape index (κ2) is 11.1. The number of nitrogens with zero attached hydrogens (tertiary/aromatic N) is 2. The third-order valence-corrected chi connectivity index (χ3v) is 6.46. The van der Waals surface area contributed by atoms with Gasteiger partial charge in [-0.2, -0.15) is 0 Å². The van der Waals surface area contributed by atoms with Crippen molar-refractivity contribution in [3.63, 3.8) is 0 Å². The van der Waals surface area contributed by atoms with Crippen LogP contribution in [0.25, 0.3) is 0 Å². The molecule has 2 aromatic rings. The number of rotatable bonds is 6. The first-order valence-corrected chi connectivity index (χ1v) is 10.2. The van der Waals surface area contributed by atoms with Crippen molar-refractivity contribution in [3.05, 3.63) is 71.8 Å². The van der Waals surface area contributed by atoms with E-state index < -0.39 is 5.41 Å². The van der Waals surface area contributed by atoms with Crippen LogP contribution in [0.15, 0.2) is 60.7 Å². The first kappa shape index (κ1) is 26.4. The zero-order valence-corrected chi connectivity index (χ0v) is 20.1. The van der Waals surface area contributed by atoms with Gasteiger partial charge in [0.1, 0.15) is 0 Å². The minimum Gasteiger partial charge on any atom is -0.342 e. The first-order chi connectivity index (χ1) is 13.4. The molecule has 0 spiro atoms. The molecule has 30 heavy (non-hydrogen) atoms. The third-order valence-electron chi connectivity index (χ3n) is 6.46. The van der Waals surface area contributed by atoms with Crippen LogP contribution in [0.5, 0.6) is 0 Å². The second-order valence-corrected chi connectivity index (χ2v) is 8.31. The van der Waals surface area contributed by atoms with Crippen LogP contribution < -0.4 is 5.32 Å². The number of halogens is 2. The molecule has 0 radical (unpaired) electrons. The van der Waals surface area contributed by atoms with Crippen molar-refractivity contribution in [3.8, 4) is 0 Å². The minimum atomic E-state index is -0.555. The number of nitrogens with one attached hydrogen (secondary N) is 1. The molecule has 1 atom stereocenters. The Balaban J connectivity index is 0.00000225. The summed E-state index contributed by atoms with van der Waals surface area (Å²) in [6, 6.07) is 20.9. The number of amides is 1. The zero-order chi connectivity index (χ0) is 20.2. The van der Waals surface area contributed by atoms with Gasteiger partial charge in [0, 0.05) is 25.2 Å². The van der Waals surface area contributed by atoms with Gasteiger partial charge in [0.15, 0.2) is 0 Å². The summed E-state index contributed by atoms with van der Waals surface area (Å²) < 4.78 is 0. The van der Waals surface area contributed by atoms with E-state index >= 15 is 0 Å². The van der Waals surface area contributed by atoms with Gasteiger partial charge in [0.25, 0.3) is 0 Å². The van der Waals surface area contributed by atoms with Crippen molar-refractivity contribution in [1.29, 1.82) is 0 Å². The van der Waals surface area contributed by atoms with E-state index in [1.807, 2.05) is 25.2 Å². The molecule has 1 N–H and O–H groups in total. The SMILES string of the molecule is CNCC(C)(C(=O)N1CCC(c2ccccc2)(N(C)C)CC1)c1ccccc1.Cl.Cl. The molecule has 166 valence electrons. The number of benzene rings is 2. The van der Waals surface area contributed by atoms with Gasteiger partial charge in [-0.3, -0.25) is 9.69 Å². The summed E-state index contributed by atoms with van der Waals surface area (Å²) in [6.45, 7) is 4.24. The number of carbonyl (C=O) groups excluding carboxylic acids is 1. The molecule has 0 aliphatic carbocycles. The Morgan fingerprint density at radius 2 is 1.50 bits per heavy atom. The highest BCUT2D eigenvalue weighted by Gasteiger charge is 2.43. The van der Waals surface area contributed by atoms with Crippen LogP contribution in [0.1, 0.15) is 30.9 Å². The Labute approximate surface area is 193 Å². The smallest absolute Gasteiger partial charge is 0.234 e. The number of likely N-dealkylation sites (tertiary alicyclic amines) is 1. The Morgan fingerprint density at radius 1 is 1.00 bits per heavy atom. The van der Waals surface area contributed by atoms with Gasteiger partial charge in [-0.25, -0.2) is 0 Å². The highest BCUT2D eigenvalue weighted by Crippen LogP contribution is 2.38. The van der Waals surface area contributed by atoms with Crippen LogP contribution in [0.2, 0.25) is 0 Å². The molecule has 1 unspecified atom stereocenters. The topological polar surface area (TPSA) is 35.6 Å². The number of carbonyl (C=O) groups is 1. The molecule has 1 amide bonds. The average Bonchev–Trinajstić information content (AvgIpc) is 2.74. The molecule has 1 aliphatic rings. The first-order valence-electron chi connectivity index (χ1n) is 10.2. The summed E-state index contributed by atoms with van der Waals surface area (Å²) in [6.07, 6.45) is 1.89. The molecule has 1 aliphatic heterocycles.